The van der Waals surface area contributed by atoms with Crippen LogP contribution in [-0.4, -0.2) is 49.3 Å². The molecule has 0 bridgehead atoms. The Balaban J connectivity index is 1.71. The molecule has 3 saturated heterocycles. The predicted octanol–water partition coefficient (Wildman–Crippen LogP) is -2.23. The molecule has 76 valence electrons. The van der Waals surface area contributed by atoms with E-state index in [1.807, 2.05) is 0 Å². The topological polar surface area (TPSA) is 83.3 Å². The van der Waals surface area contributed by atoms with Gasteiger partial charge < -0.3 is 20.1 Å². The van der Waals surface area contributed by atoms with Crippen LogP contribution in [0.1, 0.15) is 0 Å². The zero-order chi connectivity index (χ0) is 9.71. The van der Waals surface area contributed by atoms with E-state index in [0.29, 0.717) is 13.2 Å². The summed E-state index contributed by atoms with van der Waals surface area (Å²) < 4.78 is 9.94. The molecule has 0 radical (unpaired) electrons. The molecule has 4 atom stereocenters. The Bertz CT molecular complexity index is 268. The second-order valence-electron chi connectivity index (χ2n) is 3.72. The van der Waals surface area contributed by atoms with Crippen molar-refractivity contribution in [2.75, 3.05) is 13.2 Å². The van der Waals surface area contributed by atoms with Crippen molar-refractivity contribution in [1.29, 1.82) is 0 Å². The summed E-state index contributed by atoms with van der Waals surface area (Å²) in [5.41, 5.74) is 0. The van der Waals surface area contributed by atoms with Crippen molar-refractivity contribution in [3.05, 3.63) is 0 Å². The average molecular weight is 198 g/mol. The first-order valence-corrected chi connectivity index (χ1v) is 4.59. The fourth-order valence-corrected chi connectivity index (χ4v) is 1.64. The second-order valence-corrected chi connectivity index (χ2v) is 3.72. The van der Waals surface area contributed by atoms with E-state index in [2.05, 4.69) is 10.6 Å². The molecule has 0 aromatic heterocycles. The van der Waals surface area contributed by atoms with Gasteiger partial charge in [0, 0.05) is 0 Å². The van der Waals surface area contributed by atoms with Crippen LogP contribution >= 0.6 is 0 Å². The van der Waals surface area contributed by atoms with Crippen molar-refractivity contribution in [2.45, 2.75) is 24.3 Å². The van der Waals surface area contributed by atoms with Gasteiger partial charge in [-0.25, -0.2) is 0 Å². The molecule has 3 heterocycles. The van der Waals surface area contributed by atoms with Crippen molar-refractivity contribution >= 4 is 11.8 Å². The Kier molecular flexibility index (Phi) is 1.57. The van der Waals surface area contributed by atoms with E-state index < -0.39 is 12.1 Å². The summed E-state index contributed by atoms with van der Waals surface area (Å²) in [4.78, 5) is 23.0. The number of ether oxygens (including phenoxy) is 2. The highest BCUT2D eigenvalue weighted by Gasteiger charge is 2.48. The summed E-state index contributed by atoms with van der Waals surface area (Å²) in [6.07, 6.45) is -0.278. The lowest BCUT2D eigenvalue weighted by Crippen LogP contribution is -2.65. The van der Waals surface area contributed by atoms with Crippen LogP contribution in [0.25, 0.3) is 0 Å². The van der Waals surface area contributed by atoms with Gasteiger partial charge in [0.25, 0.3) is 0 Å². The van der Waals surface area contributed by atoms with Gasteiger partial charge in [0.1, 0.15) is 24.3 Å². The minimum absolute atomic E-state index is 0.139. The number of carbonyl (C=O) groups excluding carboxylic acids is 2. The van der Waals surface area contributed by atoms with Crippen LogP contribution in [0.15, 0.2) is 0 Å². The quantitative estimate of drug-likeness (QED) is 0.492. The minimum Gasteiger partial charge on any atom is -0.370 e. The van der Waals surface area contributed by atoms with Gasteiger partial charge in [0.05, 0.1) is 13.2 Å². The molecule has 0 aromatic carbocycles. The third-order valence-electron chi connectivity index (χ3n) is 2.62. The molecule has 6 heteroatoms. The molecule has 6 nitrogen and oxygen atoms in total. The van der Waals surface area contributed by atoms with Crippen LogP contribution in [0.3, 0.4) is 0 Å². The molecule has 14 heavy (non-hydrogen) atoms. The molecule has 3 fully saturated rings. The van der Waals surface area contributed by atoms with Crippen molar-refractivity contribution in [3.63, 3.8) is 0 Å². The molecule has 0 aliphatic carbocycles. The summed E-state index contributed by atoms with van der Waals surface area (Å²) in [5.74, 6) is -0.347. The average Bonchev–Trinajstić information content (AvgIpc) is 3.03. The van der Waals surface area contributed by atoms with Gasteiger partial charge in [-0.2, -0.15) is 0 Å². The van der Waals surface area contributed by atoms with Gasteiger partial charge >= 0.3 is 0 Å². The number of carbonyl (C=O) groups is 2. The van der Waals surface area contributed by atoms with Crippen LogP contribution in [-0.2, 0) is 19.1 Å². The lowest BCUT2D eigenvalue weighted by atomic mass is 10.1. The lowest BCUT2D eigenvalue weighted by Gasteiger charge is -2.27. The van der Waals surface area contributed by atoms with E-state index in [0.717, 1.165) is 0 Å². The van der Waals surface area contributed by atoms with Crippen LogP contribution in [0.5, 0.6) is 0 Å². The molecule has 3 rings (SSSR count). The minimum atomic E-state index is -0.516. The number of amides is 2. The van der Waals surface area contributed by atoms with E-state index >= 15 is 0 Å². The first-order valence-electron chi connectivity index (χ1n) is 4.59. The summed E-state index contributed by atoms with van der Waals surface area (Å²) >= 11 is 0. The van der Waals surface area contributed by atoms with E-state index in [1.165, 1.54) is 0 Å². The third kappa shape index (κ3) is 1.27. The molecule has 2 amide bonds. The Morgan fingerprint density at radius 1 is 0.929 bits per heavy atom. The molecule has 0 saturated carbocycles. The Morgan fingerprint density at radius 3 is 1.57 bits per heavy atom. The Hall–Kier alpha value is -1.14. The van der Waals surface area contributed by atoms with Gasteiger partial charge in [0.2, 0.25) is 11.8 Å². The maximum absolute atomic E-state index is 11.5. The summed E-state index contributed by atoms with van der Waals surface area (Å²) in [5, 5.41) is 5.29. The van der Waals surface area contributed by atoms with Crippen LogP contribution in [0.4, 0.5) is 0 Å². The lowest BCUT2D eigenvalue weighted by molar-refractivity contribution is -0.137. The number of nitrogens with one attached hydrogen (secondary N) is 2. The molecular formula is C8H10N2O4. The summed E-state index contributed by atoms with van der Waals surface area (Å²) in [6, 6.07) is -1.03. The highest BCUT2D eigenvalue weighted by Crippen LogP contribution is 2.20. The molecule has 0 aromatic rings. The highest BCUT2D eigenvalue weighted by atomic mass is 16.6. The van der Waals surface area contributed by atoms with Gasteiger partial charge in [0.15, 0.2) is 0 Å². The highest BCUT2D eigenvalue weighted by molar-refractivity contribution is 5.98. The van der Waals surface area contributed by atoms with E-state index in [-0.39, 0.29) is 24.0 Å². The number of hydrogen-bond acceptors (Lipinski definition) is 4. The number of piperazine rings is 1. The number of epoxide rings is 2. The molecular weight excluding hydrogens is 188 g/mol. The van der Waals surface area contributed by atoms with Gasteiger partial charge in [-0.05, 0) is 0 Å². The monoisotopic (exact) mass is 198 g/mol. The fourth-order valence-electron chi connectivity index (χ4n) is 1.64. The van der Waals surface area contributed by atoms with Gasteiger partial charge in [-0.15, -0.1) is 0 Å². The first-order chi connectivity index (χ1) is 6.75. The molecule has 3 aliphatic heterocycles. The largest absolute Gasteiger partial charge is 0.370 e. The third-order valence-corrected chi connectivity index (χ3v) is 2.62. The van der Waals surface area contributed by atoms with Crippen molar-refractivity contribution < 1.29 is 19.1 Å². The normalized spacial score (nSPS) is 45.4. The fraction of sp³-hybridized carbons (Fsp3) is 0.750. The van der Waals surface area contributed by atoms with E-state index in [9.17, 15) is 9.59 Å². The van der Waals surface area contributed by atoms with Crippen LogP contribution in [0, 0.1) is 0 Å². The Labute approximate surface area is 79.9 Å². The molecule has 2 N–H and O–H groups in total. The summed E-state index contributed by atoms with van der Waals surface area (Å²) in [7, 11) is 0. The van der Waals surface area contributed by atoms with Crippen molar-refractivity contribution in [3.8, 4) is 0 Å². The van der Waals surface area contributed by atoms with Gasteiger partial charge in [-0.3, -0.25) is 9.59 Å². The first kappa shape index (κ1) is 8.19. The molecule has 3 aliphatic rings. The van der Waals surface area contributed by atoms with Crippen molar-refractivity contribution in [2.24, 2.45) is 0 Å². The second kappa shape index (κ2) is 2.68. The SMILES string of the molecule is O=C1NC(C2CO2)C(=O)NC1C1CO1. The van der Waals surface area contributed by atoms with Gasteiger partial charge in [-0.1, -0.05) is 0 Å². The smallest absolute Gasteiger partial charge is 0.246 e. The predicted molar refractivity (Wildman–Crippen MR) is 43.3 cm³/mol. The molecule has 4 unspecified atom stereocenters. The van der Waals surface area contributed by atoms with Crippen molar-refractivity contribution in [1.82, 2.24) is 10.6 Å². The summed E-state index contributed by atoms with van der Waals surface area (Å²) in [6.45, 7) is 1.09. The molecule has 0 spiro atoms. The van der Waals surface area contributed by atoms with Crippen LogP contribution < -0.4 is 10.6 Å². The van der Waals surface area contributed by atoms with E-state index in [1.54, 1.807) is 0 Å². The standard InChI is InChI=1S/C8H10N2O4/c11-7-5(3-1-13-3)9-8(12)6(10-7)4-2-14-4/h3-6H,1-2H2,(H,9,12)(H,10,11). The maximum Gasteiger partial charge on any atom is 0.246 e. The van der Waals surface area contributed by atoms with E-state index in [4.69, 9.17) is 9.47 Å². The Morgan fingerprint density at radius 2 is 1.29 bits per heavy atom. The maximum atomic E-state index is 11.5. The zero-order valence-corrected chi connectivity index (χ0v) is 7.36. The number of hydrogen-bond donors (Lipinski definition) is 2. The van der Waals surface area contributed by atoms with Crippen LogP contribution in [0.2, 0.25) is 0 Å². The number of rotatable bonds is 2. The zero-order valence-electron chi connectivity index (χ0n) is 7.36.